The van der Waals surface area contributed by atoms with Gasteiger partial charge in [0.05, 0.1) is 13.2 Å². The molecule has 0 bridgehead atoms. The summed E-state index contributed by atoms with van der Waals surface area (Å²) in [5, 5.41) is 4.10. The Balaban J connectivity index is 1.24. The number of hydrogen-bond donors (Lipinski definition) is 0. The van der Waals surface area contributed by atoms with E-state index in [1.807, 2.05) is 35.2 Å². The van der Waals surface area contributed by atoms with Crippen LogP contribution in [0, 0.1) is 5.92 Å². The summed E-state index contributed by atoms with van der Waals surface area (Å²) in [7, 11) is 0. The van der Waals surface area contributed by atoms with Gasteiger partial charge in [0, 0.05) is 19.4 Å². The maximum Gasteiger partial charge on any atom is 0.249 e. The highest BCUT2D eigenvalue weighted by Gasteiger charge is 2.34. The number of likely N-dealkylation sites (tertiary alicyclic amines) is 1. The van der Waals surface area contributed by atoms with Crippen molar-refractivity contribution in [2.75, 3.05) is 13.2 Å². The van der Waals surface area contributed by atoms with Gasteiger partial charge < -0.3 is 14.2 Å². The molecule has 1 saturated carbocycles. The zero-order chi connectivity index (χ0) is 19.9. The zero-order valence-electron chi connectivity index (χ0n) is 17.1. The van der Waals surface area contributed by atoms with Crippen LogP contribution in [0.3, 0.4) is 0 Å². The second kappa shape index (κ2) is 10.0. The van der Waals surface area contributed by atoms with Crippen LogP contribution in [0.2, 0.25) is 0 Å². The van der Waals surface area contributed by atoms with E-state index in [1.54, 1.807) is 0 Å². The minimum atomic E-state index is -0.0578. The highest BCUT2D eigenvalue weighted by atomic mass is 16.5. The molecular weight excluding hydrogens is 366 g/mol. The Kier molecular flexibility index (Phi) is 6.93. The van der Waals surface area contributed by atoms with Crippen molar-refractivity contribution < 1.29 is 14.1 Å². The van der Waals surface area contributed by atoms with Crippen LogP contribution in [-0.4, -0.2) is 34.1 Å². The Bertz CT molecular complexity index is 771. The minimum Gasteiger partial charge on any atom is -0.376 e. The second-order valence-corrected chi connectivity index (χ2v) is 8.27. The van der Waals surface area contributed by atoms with E-state index < -0.39 is 0 Å². The lowest BCUT2D eigenvalue weighted by atomic mass is 10.0. The van der Waals surface area contributed by atoms with Gasteiger partial charge in [-0.3, -0.25) is 4.79 Å². The summed E-state index contributed by atoms with van der Waals surface area (Å²) in [6, 6.07) is 10.0. The zero-order valence-corrected chi connectivity index (χ0v) is 17.1. The average Bonchev–Trinajstić information content (AvgIpc) is 3.51. The van der Waals surface area contributed by atoms with Crippen molar-refractivity contribution in [2.24, 2.45) is 5.92 Å². The molecule has 2 fully saturated rings. The van der Waals surface area contributed by atoms with E-state index in [0.29, 0.717) is 37.8 Å². The minimum absolute atomic E-state index is 0.0578. The van der Waals surface area contributed by atoms with Crippen LogP contribution < -0.4 is 0 Å². The molecule has 6 heteroatoms. The number of carbonyl (C=O) groups excluding carboxylic acids is 1. The second-order valence-electron chi connectivity index (χ2n) is 8.27. The molecule has 0 spiro atoms. The lowest BCUT2D eigenvalue weighted by Gasteiger charge is -2.22. The van der Waals surface area contributed by atoms with Crippen LogP contribution >= 0.6 is 0 Å². The molecule has 0 radical (unpaired) electrons. The lowest BCUT2D eigenvalue weighted by Crippen LogP contribution is -2.30. The molecule has 1 aromatic carbocycles. The van der Waals surface area contributed by atoms with Gasteiger partial charge in [0.2, 0.25) is 11.8 Å². The molecule has 4 rings (SSSR count). The van der Waals surface area contributed by atoms with Gasteiger partial charge in [0.1, 0.15) is 6.04 Å². The maximum absolute atomic E-state index is 12.8. The van der Waals surface area contributed by atoms with E-state index in [2.05, 4.69) is 10.1 Å². The van der Waals surface area contributed by atoms with Gasteiger partial charge in [0.15, 0.2) is 5.82 Å². The molecule has 2 aliphatic rings. The van der Waals surface area contributed by atoms with Crippen LogP contribution in [-0.2, 0) is 22.6 Å². The van der Waals surface area contributed by atoms with E-state index in [4.69, 9.17) is 9.26 Å². The van der Waals surface area contributed by atoms with Crippen molar-refractivity contribution in [3.63, 3.8) is 0 Å². The van der Waals surface area contributed by atoms with Crippen molar-refractivity contribution in [1.82, 2.24) is 15.0 Å². The topological polar surface area (TPSA) is 68.5 Å². The molecule has 1 unspecified atom stereocenters. The molecule has 1 atom stereocenters. The first-order valence-electron chi connectivity index (χ1n) is 11.0. The van der Waals surface area contributed by atoms with Gasteiger partial charge in [-0.15, -0.1) is 0 Å². The van der Waals surface area contributed by atoms with Gasteiger partial charge in [-0.05, 0) is 30.7 Å². The first kappa shape index (κ1) is 20.1. The van der Waals surface area contributed by atoms with Crippen LogP contribution in [0.1, 0.15) is 74.7 Å². The summed E-state index contributed by atoms with van der Waals surface area (Å²) in [5.74, 6) is 2.21. The lowest BCUT2D eigenvalue weighted by molar-refractivity contribution is -0.132. The summed E-state index contributed by atoms with van der Waals surface area (Å²) >= 11 is 0. The van der Waals surface area contributed by atoms with E-state index in [0.717, 1.165) is 37.3 Å². The Morgan fingerprint density at radius 2 is 1.97 bits per heavy atom. The first-order valence-corrected chi connectivity index (χ1v) is 11.0. The SMILES string of the molecule is O=C(CCC1CCCC1)N1CCCC1c1nc(CCOCc2ccccc2)no1. The molecule has 1 amide bonds. The summed E-state index contributed by atoms with van der Waals surface area (Å²) in [4.78, 5) is 19.3. The third kappa shape index (κ3) is 5.44. The van der Waals surface area contributed by atoms with Crippen molar-refractivity contribution in [3.8, 4) is 0 Å². The molecule has 156 valence electrons. The molecule has 1 aliphatic carbocycles. The number of aromatic nitrogens is 2. The van der Waals surface area contributed by atoms with Crippen molar-refractivity contribution >= 4 is 5.91 Å². The molecule has 6 nitrogen and oxygen atoms in total. The number of rotatable bonds is 9. The predicted octanol–water partition coefficient (Wildman–Crippen LogP) is 4.46. The van der Waals surface area contributed by atoms with E-state index >= 15 is 0 Å². The molecule has 0 N–H and O–H groups in total. The van der Waals surface area contributed by atoms with Gasteiger partial charge in [-0.25, -0.2) is 0 Å². The van der Waals surface area contributed by atoms with Gasteiger partial charge in [0.25, 0.3) is 0 Å². The van der Waals surface area contributed by atoms with Crippen LogP contribution in [0.25, 0.3) is 0 Å². The van der Waals surface area contributed by atoms with Crippen molar-refractivity contribution in [2.45, 2.75) is 70.4 Å². The van der Waals surface area contributed by atoms with Crippen molar-refractivity contribution in [1.29, 1.82) is 0 Å². The number of carbonyl (C=O) groups is 1. The van der Waals surface area contributed by atoms with E-state index in [9.17, 15) is 4.79 Å². The summed E-state index contributed by atoms with van der Waals surface area (Å²) < 4.78 is 11.2. The molecule has 1 aliphatic heterocycles. The summed E-state index contributed by atoms with van der Waals surface area (Å²) in [5.41, 5.74) is 1.15. The largest absolute Gasteiger partial charge is 0.376 e. The number of amides is 1. The van der Waals surface area contributed by atoms with E-state index in [-0.39, 0.29) is 11.9 Å². The van der Waals surface area contributed by atoms with Crippen LogP contribution in [0.15, 0.2) is 34.9 Å². The summed E-state index contributed by atoms with van der Waals surface area (Å²) in [6.07, 6.45) is 9.41. The fraction of sp³-hybridized carbons (Fsp3) is 0.609. The van der Waals surface area contributed by atoms with Gasteiger partial charge in [-0.2, -0.15) is 4.98 Å². The molecule has 1 saturated heterocycles. The van der Waals surface area contributed by atoms with Crippen molar-refractivity contribution in [3.05, 3.63) is 47.6 Å². The maximum atomic E-state index is 12.8. The molecule has 29 heavy (non-hydrogen) atoms. The number of nitrogens with zero attached hydrogens (tertiary/aromatic N) is 3. The fourth-order valence-corrected chi connectivity index (χ4v) is 4.52. The third-order valence-electron chi connectivity index (χ3n) is 6.16. The fourth-order valence-electron chi connectivity index (χ4n) is 4.52. The Labute approximate surface area is 172 Å². The standard InChI is InChI=1S/C23H31N3O3/c27-22(13-12-18-7-4-5-8-18)26-15-6-11-20(26)23-24-21(25-29-23)14-16-28-17-19-9-2-1-3-10-19/h1-3,9-10,18,20H,4-8,11-17H2. The Morgan fingerprint density at radius 3 is 2.79 bits per heavy atom. The summed E-state index contributed by atoms with van der Waals surface area (Å²) in [6.45, 7) is 1.92. The smallest absolute Gasteiger partial charge is 0.249 e. The van der Waals surface area contributed by atoms with E-state index in [1.165, 1.54) is 25.7 Å². The van der Waals surface area contributed by atoms with Crippen LogP contribution in [0.4, 0.5) is 0 Å². The molecule has 2 aromatic rings. The third-order valence-corrected chi connectivity index (χ3v) is 6.16. The van der Waals surface area contributed by atoms with Gasteiger partial charge >= 0.3 is 0 Å². The van der Waals surface area contributed by atoms with Gasteiger partial charge in [-0.1, -0.05) is 61.2 Å². The monoisotopic (exact) mass is 397 g/mol. The quantitative estimate of drug-likeness (QED) is 0.584. The molecule has 1 aromatic heterocycles. The first-order chi connectivity index (χ1) is 14.3. The van der Waals surface area contributed by atoms with Crippen LogP contribution in [0.5, 0.6) is 0 Å². The predicted molar refractivity (Wildman–Crippen MR) is 109 cm³/mol. The molecular formula is C23H31N3O3. The normalized spacial score (nSPS) is 19.9. The highest BCUT2D eigenvalue weighted by Crippen LogP contribution is 2.33. The highest BCUT2D eigenvalue weighted by molar-refractivity contribution is 5.76. The Morgan fingerprint density at radius 1 is 1.14 bits per heavy atom. The number of benzene rings is 1. The average molecular weight is 398 g/mol. The Hall–Kier alpha value is -2.21. The molecule has 2 heterocycles. The number of ether oxygens (including phenoxy) is 1. The number of hydrogen-bond acceptors (Lipinski definition) is 5.